The van der Waals surface area contributed by atoms with Crippen molar-refractivity contribution >= 4 is 5.69 Å². The predicted molar refractivity (Wildman–Crippen MR) is 34.1 cm³/mol. The van der Waals surface area contributed by atoms with E-state index in [0.29, 0.717) is 0 Å². The third-order valence-corrected chi connectivity index (χ3v) is 1.15. The molecule has 0 atom stereocenters. The van der Waals surface area contributed by atoms with Crippen LogP contribution in [-0.4, -0.2) is 7.05 Å². The molecule has 0 unspecified atom stereocenters. The van der Waals surface area contributed by atoms with E-state index in [9.17, 15) is 8.78 Å². The summed E-state index contributed by atoms with van der Waals surface area (Å²) in [5, 5.41) is 3.57. The van der Waals surface area contributed by atoms with E-state index >= 15 is 0 Å². The summed E-state index contributed by atoms with van der Waals surface area (Å²) in [6.07, 6.45) is 0. The number of hydrogen-bond donors (Lipinski definition) is 0. The summed E-state index contributed by atoms with van der Waals surface area (Å²) in [6.45, 7) is 0. The molecule has 0 aliphatic heterocycles. The Bertz CT molecular complexity index is 235. The van der Waals surface area contributed by atoms with Crippen LogP contribution in [0, 0.1) is 11.6 Å². The van der Waals surface area contributed by atoms with Crippen molar-refractivity contribution in [1.82, 2.24) is 5.32 Å². The molecule has 1 aromatic carbocycles. The Morgan fingerprint density at radius 1 is 1.30 bits per heavy atom. The summed E-state index contributed by atoms with van der Waals surface area (Å²) < 4.78 is 24.7. The largest absolute Gasteiger partial charge is 0.286 e. The van der Waals surface area contributed by atoms with E-state index in [4.69, 9.17) is 0 Å². The predicted octanol–water partition coefficient (Wildman–Crippen LogP) is 1.83. The van der Waals surface area contributed by atoms with E-state index < -0.39 is 11.6 Å². The van der Waals surface area contributed by atoms with Crippen molar-refractivity contribution in [2.45, 2.75) is 0 Å². The first kappa shape index (κ1) is 6.99. The van der Waals surface area contributed by atoms with Crippen LogP contribution in [-0.2, 0) is 0 Å². The number of halogens is 2. The minimum absolute atomic E-state index is 0.182. The highest BCUT2D eigenvalue weighted by molar-refractivity contribution is 5.36. The lowest BCUT2D eigenvalue weighted by Gasteiger charge is -1.96. The normalized spacial score (nSPS) is 9.50. The Hall–Kier alpha value is -1.12. The Morgan fingerprint density at radius 3 is 2.50 bits per heavy atom. The van der Waals surface area contributed by atoms with E-state index in [-0.39, 0.29) is 5.69 Å². The molecule has 0 fully saturated rings. The van der Waals surface area contributed by atoms with Gasteiger partial charge in [0.05, 0.1) is 5.69 Å². The van der Waals surface area contributed by atoms with Gasteiger partial charge in [-0.2, -0.15) is 0 Å². The van der Waals surface area contributed by atoms with Gasteiger partial charge in [0, 0.05) is 13.1 Å². The fourth-order valence-electron chi connectivity index (χ4n) is 0.663. The van der Waals surface area contributed by atoms with Gasteiger partial charge in [-0.1, -0.05) is 0 Å². The standard InChI is InChI=1S/C7H6F2N/c1-10-7-3-2-5(8)4-6(7)9/h2-4H,1H3. The number of benzene rings is 1. The van der Waals surface area contributed by atoms with Crippen LogP contribution >= 0.6 is 0 Å². The van der Waals surface area contributed by atoms with Crippen molar-refractivity contribution < 1.29 is 8.78 Å². The molecule has 1 aromatic rings. The van der Waals surface area contributed by atoms with Gasteiger partial charge < -0.3 is 0 Å². The van der Waals surface area contributed by atoms with Crippen LogP contribution in [0.2, 0.25) is 0 Å². The SMILES string of the molecule is C[N]c1ccc(F)cc1F. The number of rotatable bonds is 1. The maximum absolute atomic E-state index is 12.5. The van der Waals surface area contributed by atoms with Crippen LogP contribution in [0.3, 0.4) is 0 Å². The van der Waals surface area contributed by atoms with E-state index in [1.165, 1.54) is 19.2 Å². The fourth-order valence-corrected chi connectivity index (χ4v) is 0.663. The summed E-state index contributed by atoms with van der Waals surface area (Å²) in [5.74, 6) is -1.20. The van der Waals surface area contributed by atoms with Gasteiger partial charge in [0.1, 0.15) is 5.82 Å². The van der Waals surface area contributed by atoms with Crippen LogP contribution in [0.25, 0.3) is 0 Å². The molecule has 1 radical (unpaired) electrons. The second kappa shape index (κ2) is 2.64. The zero-order chi connectivity index (χ0) is 7.56. The Morgan fingerprint density at radius 2 is 2.00 bits per heavy atom. The second-order valence-corrected chi connectivity index (χ2v) is 1.82. The van der Waals surface area contributed by atoms with Crippen molar-refractivity contribution in [1.29, 1.82) is 0 Å². The molecule has 0 saturated heterocycles. The minimum atomic E-state index is -0.623. The smallest absolute Gasteiger partial charge is 0.151 e. The molecule has 0 amide bonds. The van der Waals surface area contributed by atoms with E-state index in [0.717, 1.165) is 6.07 Å². The monoisotopic (exact) mass is 142 g/mol. The summed E-state index contributed by atoms with van der Waals surface area (Å²) in [6, 6.07) is 3.28. The lowest BCUT2D eigenvalue weighted by atomic mass is 10.3. The molecule has 0 bridgehead atoms. The summed E-state index contributed by atoms with van der Waals surface area (Å²) in [4.78, 5) is 0. The average molecular weight is 142 g/mol. The first-order valence-electron chi connectivity index (χ1n) is 2.79. The van der Waals surface area contributed by atoms with Crippen molar-refractivity contribution in [3.63, 3.8) is 0 Å². The molecule has 3 heteroatoms. The Kier molecular flexibility index (Phi) is 1.85. The summed E-state index contributed by atoms with van der Waals surface area (Å²) >= 11 is 0. The molecule has 0 N–H and O–H groups in total. The van der Waals surface area contributed by atoms with Crippen molar-refractivity contribution in [2.75, 3.05) is 7.05 Å². The van der Waals surface area contributed by atoms with Crippen LogP contribution < -0.4 is 5.32 Å². The van der Waals surface area contributed by atoms with E-state index in [2.05, 4.69) is 5.32 Å². The van der Waals surface area contributed by atoms with Crippen LogP contribution in [0.15, 0.2) is 18.2 Å². The molecule has 10 heavy (non-hydrogen) atoms. The van der Waals surface area contributed by atoms with Gasteiger partial charge in [0.25, 0.3) is 0 Å². The van der Waals surface area contributed by atoms with Gasteiger partial charge in [-0.3, -0.25) is 5.32 Å². The fraction of sp³-hybridized carbons (Fsp3) is 0.143. The highest BCUT2D eigenvalue weighted by Gasteiger charge is 2.00. The van der Waals surface area contributed by atoms with Gasteiger partial charge in [-0.15, -0.1) is 0 Å². The van der Waals surface area contributed by atoms with Crippen LogP contribution in [0.5, 0.6) is 0 Å². The highest BCUT2D eigenvalue weighted by Crippen LogP contribution is 2.13. The lowest BCUT2D eigenvalue weighted by Crippen LogP contribution is -1.90. The minimum Gasteiger partial charge on any atom is -0.286 e. The molecular weight excluding hydrogens is 136 g/mol. The number of nitrogens with zero attached hydrogens (tertiary/aromatic N) is 1. The highest BCUT2D eigenvalue weighted by atomic mass is 19.1. The average Bonchev–Trinajstić information content (AvgIpc) is 1.88. The first-order valence-corrected chi connectivity index (χ1v) is 2.79. The van der Waals surface area contributed by atoms with Crippen LogP contribution in [0.4, 0.5) is 14.5 Å². The maximum Gasteiger partial charge on any atom is 0.151 e. The first-order chi connectivity index (χ1) is 4.74. The van der Waals surface area contributed by atoms with E-state index in [1.807, 2.05) is 0 Å². The Labute approximate surface area is 57.7 Å². The molecule has 0 saturated carbocycles. The summed E-state index contributed by atoms with van der Waals surface area (Å²) in [7, 11) is 1.45. The third kappa shape index (κ3) is 1.23. The molecule has 53 valence electrons. The second-order valence-electron chi connectivity index (χ2n) is 1.82. The molecule has 0 aliphatic rings. The van der Waals surface area contributed by atoms with Gasteiger partial charge in [0.15, 0.2) is 5.82 Å². The molecule has 1 nitrogen and oxygen atoms in total. The van der Waals surface area contributed by atoms with Crippen molar-refractivity contribution in [3.8, 4) is 0 Å². The zero-order valence-electron chi connectivity index (χ0n) is 5.44. The molecule has 0 heterocycles. The molecule has 0 spiro atoms. The Balaban J connectivity index is 3.07. The number of hydrogen-bond acceptors (Lipinski definition) is 0. The van der Waals surface area contributed by atoms with Gasteiger partial charge in [0.2, 0.25) is 0 Å². The van der Waals surface area contributed by atoms with Crippen LogP contribution in [0.1, 0.15) is 0 Å². The third-order valence-electron chi connectivity index (χ3n) is 1.15. The van der Waals surface area contributed by atoms with Gasteiger partial charge in [-0.25, -0.2) is 8.78 Å². The molecule has 0 aliphatic carbocycles. The lowest BCUT2D eigenvalue weighted by molar-refractivity contribution is 0.580. The van der Waals surface area contributed by atoms with Crippen molar-refractivity contribution in [3.05, 3.63) is 29.8 Å². The quantitative estimate of drug-likeness (QED) is 0.568. The zero-order valence-corrected chi connectivity index (χ0v) is 5.44. The molecule has 1 rings (SSSR count). The van der Waals surface area contributed by atoms with Gasteiger partial charge >= 0.3 is 0 Å². The van der Waals surface area contributed by atoms with Crippen molar-refractivity contribution in [2.24, 2.45) is 0 Å². The van der Waals surface area contributed by atoms with Gasteiger partial charge in [-0.05, 0) is 12.1 Å². The molecule has 0 aromatic heterocycles. The topological polar surface area (TPSA) is 14.1 Å². The summed E-state index contributed by atoms with van der Waals surface area (Å²) in [5.41, 5.74) is 0.182. The molecular formula is C7H6F2N. The maximum atomic E-state index is 12.5. The van der Waals surface area contributed by atoms with E-state index in [1.54, 1.807) is 0 Å².